The van der Waals surface area contributed by atoms with Gasteiger partial charge < -0.3 is 19.9 Å². The third kappa shape index (κ3) is 6.89. The fraction of sp³-hybridized carbons (Fsp3) is 0.364. The molecule has 1 aliphatic rings. The van der Waals surface area contributed by atoms with Crippen LogP contribution in [0.3, 0.4) is 0 Å². The SMILES string of the molecule is O=C(N[C@@H](CC1CN(Cc2ccccc2)CCO1)C(=O)O)OCc1ccccc1. The van der Waals surface area contributed by atoms with Crippen LogP contribution in [0.2, 0.25) is 0 Å². The van der Waals surface area contributed by atoms with Crippen LogP contribution in [0.1, 0.15) is 17.5 Å². The molecule has 2 N–H and O–H groups in total. The predicted octanol–water partition coefficient (Wildman–Crippen LogP) is 2.66. The Morgan fingerprint density at radius 2 is 1.76 bits per heavy atom. The average Bonchev–Trinajstić information content (AvgIpc) is 2.73. The maximum absolute atomic E-state index is 12.0. The van der Waals surface area contributed by atoms with Crippen LogP contribution < -0.4 is 5.32 Å². The van der Waals surface area contributed by atoms with Crippen LogP contribution in [0.4, 0.5) is 4.79 Å². The highest BCUT2D eigenvalue weighted by Crippen LogP contribution is 2.14. The highest BCUT2D eigenvalue weighted by atomic mass is 16.5. The molecule has 3 rings (SSSR count). The first kappa shape index (κ1) is 20.8. The molecule has 29 heavy (non-hydrogen) atoms. The molecule has 2 aromatic carbocycles. The largest absolute Gasteiger partial charge is 0.480 e. The lowest BCUT2D eigenvalue weighted by atomic mass is 10.1. The summed E-state index contributed by atoms with van der Waals surface area (Å²) in [6.07, 6.45) is -0.845. The second-order valence-electron chi connectivity index (χ2n) is 7.05. The van der Waals surface area contributed by atoms with E-state index < -0.39 is 18.1 Å². The Morgan fingerprint density at radius 3 is 2.41 bits per heavy atom. The molecular formula is C22H26N2O5. The van der Waals surface area contributed by atoms with E-state index in [1.54, 1.807) is 0 Å². The van der Waals surface area contributed by atoms with E-state index in [0.717, 1.165) is 18.7 Å². The number of benzene rings is 2. The van der Waals surface area contributed by atoms with Gasteiger partial charge in [-0.1, -0.05) is 60.7 Å². The number of alkyl carbamates (subject to hydrolysis) is 1. The first-order chi connectivity index (χ1) is 14.1. The molecule has 1 saturated heterocycles. The molecule has 0 aromatic heterocycles. The summed E-state index contributed by atoms with van der Waals surface area (Å²) in [5, 5.41) is 11.9. The van der Waals surface area contributed by atoms with E-state index in [4.69, 9.17) is 9.47 Å². The minimum atomic E-state index is -1.11. The molecule has 1 amide bonds. The second kappa shape index (κ2) is 10.6. The number of amides is 1. The van der Waals surface area contributed by atoms with E-state index in [2.05, 4.69) is 22.3 Å². The molecule has 1 aliphatic heterocycles. The molecule has 1 heterocycles. The molecule has 7 nitrogen and oxygen atoms in total. The maximum Gasteiger partial charge on any atom is 0.408 e. The molecule has 0 aliphatic carbocycles. The summed E-state index contributed by atoms with van der Waals surface area (Å²) in [6.45, 7) is 2.80. The number of carboxylic acids is 1. The molecular weight excluding hydrogens is 372 g/mol. The number of nitrogens with zero attached hydrogens (tertiary/aromatic N) is 1. The average molecular weight is 398 g/mol. The van der Waals surface area contributed by atoms with Crippen LogP contribution in [-0.2, 0) is 27.4 Å². The van der Waals surface area contributed by atoms with Gasteiger partial charge in [0.05, 0.1) is 12.7 Å². The van der Waals surface area contributed by atoms with Crippen LogP contribution >= 0.6 is 0 Å². The Morgan fingerprint density at radius 1 is 1.10 bits per heavy atom. The second-order valence-corrected chi connectivity index (χ2v) is 7.05. The van der Waals surface area contributed by atoms with Crippen molar-refractivity contribution in [2.75, 3.05) is 19.7 Å². The van der Waals surface area contributed by atoms with Crippen molar-refractivity contribution in [1.82, 2.24) is 10.2 Å². The number of aliphatic carboxylic acids is 1. The summed E-state index contributed by atoms with van der Waals surface area (Å²) in [4.78, 5) is 25.9. The highest BCUT2D eigenvalue weighted by molar-refractivity contribution is 5.79. The minimum absolute atomic E-state index is 0.0871. The van der Waals surface area contributed by atoms with Gasteiger partial charge in [0.2, 0.25) is 0 Å². The molecule has 1 fully saturated rings. The zero-order valence-electron chi connectivity index (χ0n) is 16.2. The van der Waals surface area contributed by atoms with Crippen molar-refractivity contribution in [2.24, 2.45) is 0 Å². The van der Waals surface area contributed by atoms with Crippen LogP contribution in [0, 0.1) is 0 Å². The molecule has 1 unspecified atom stereocenters. The van der Waals surface area contributed by atoms with E-state index in [9.17, 15) is 14.7 Å². The molecule has 0 bridgehead atoms. The molecule has 7 heteroatoms. The van der Waals surface area contributed by atoms with Gasteiger partial charge in [-0.25, -0.2) is 9.59 Å². The number of rotatable bonds is 8. The van der Waals surface area contributed by atoms with Crippen molar-refractivity contribution in [3.8, 4) is 0 Å². The van der Waals surface area contributed by atoms with Crippen molar-refractivity contribution in [3.05, 3.63) is 71.8 Å². The summed E-state index contributed by atoms with van der Waals surface area (Å²) in [5.41, 5.74) is 2.03. The summed E-state index contributed by atoms with van der Waals surface area (Å²) >= 11 is 0. The van der Waals surface area contributed by atoms with E-state index in [1.165, 1.54) is 5.56 Å². The first-order valence-electron chi connectivity index (χ1n) is 9.68. The number of carbonyl (C=O) groups is 2. The van der Waals surface area contributed by atoms with Crippen molar-refractivity contribution < 1.29 is 24.2 Å². The van der Waals surface area contributed by atoms with E-state index in [-0.39, 0.29) is 19.1 Å². The van der Waals surface area contributed by atoms with Gasteiger partial charge in [0.15, 0.2) is 0 Å². The number of hydrogen-bond acceptors (Lipinski definition) is 5. The molecule has 2 aromatic rings. The van der Waals surface area contributed by atoms with E-state index in [0.29, 0.717) is 13.2 Å². The lowest BCUT2D eigenvalue weighted by Gasteiger charge is -2.34. The fourth-order valence-corrected chi connectivity index (χ4v) is 3.30. The maximum atomic E-state index is 12.0. The van der Waals surface area contributed by atoms with Crippen molar-refractivity contribution >= 4 is 12.1 Å². The van der Waals surface area contributed by atoms with Gasteiger partial charge in [0.25, 0.3) is 0 Å². The zero-order valence-corrected chi connectivity index (χ0v) is 16.2. The lowest BCUT2D eigenvalue weighted by Crippen LogP contribution is -2.48. The van der Waals surface area contributed by atoms with Gasteiger partial charge in [-0.05, 0) is 11.1 Å². The number of morpholine rings is 1. The van der Waals surface area contributed by atoms with Crippen LogP contribution in [0.25, 0.3) is 0 Å². The topological polar surface area (TPSA) is 88.1 Å². The van der Waals surface area contributed by atoms with Crippen molar-refractivity contribution in [3.63, 3.8) is 0 Å². The quantitative estimate of drug-likeness (QED) is 0.711. The standard InChI is InChI=1S/C22H26N2O5/c25-21(26)20(23-22(27)29-16-18-9-5-2-6-10-18)13-19-15-24(11-12-28-19)14-17-7-3-1-4-8-17/h1-10,19-20H,11-16H2,(H,23,27)(H,25,26)/t19?,20-/m0/s1. The van der Waals surface area contributed by atoms with E-state index in [1.807, 2.05) is 48.5 Å². The van der Waals surface area contributed by atoms with Gasteiger partial charge >= 0.3 is 12.1 Å². The number of ether oxygens (including phenoxy) is 2. The number of nitrogens with one attached hydrogen (secondary N) is 1. The molecule has 0 radical (unpaired) electrons. The summed E-state index contributed by atoms with van der Waals surface area (Å²) in [7, 11) is 0. The third-order valence-electron chi connectivity index (χ3n) is 4.77. The van der Waals surface area contributed by atoms with Crippen molar-refractivity contribution in [2.45, 2.75) is 31.7 Å². The Balaban J connectivity index is 1.48. The number of carbonyl (C=O) groups excluding carboxylic acids is 1. The van der Waals surface area contributed by atoms with Gasteiger partial charge in [-0.2, -0.15) is 0 Å². The Kier molecular flexibility index (Phi) is 7.61. The van der Waals surface area contributed by atoms with Gasteiger partial charge in [-0.3, -0.25) is 4.90 Å². The highest BCUT2D eigenvalue weighted by Gasteiger charge is 2.29. The van der Waals surface area contributed by atoms with Crippen LogP contribution in [0.5, 0.6) is 0 Å². The van der Waals surface area contributed by atoms with Crippen molar-refractivity contribution in [1.29, 1.82) is 0 Å². The molecule has 0 spiro atoms. The van der Waals surface area contributed by atoms with Gasteiger partial charge in [0.1, 0.15) is 12.6 Å². The molecule has 0 saturated carbocycles. The summed E-state index contributed by atoms with van der Waals surface area (Å²) in [5.74, 6) is -1.11. The van der Waals surface area contributed by atoms with E-state index >= 15 is 0 Å². The Labute approximate surface area is 170 Å². The number of carboxylic acid groups (broad SMARTS) is 1. The van der Waals surface area contributed by atoms with Gasteiger partial charge in [0, 0.05) is 26.1 Å². The number of hydrogen-bond donors (Lipinski definition) is 2. The Bertz CT molecular complexity index is 784. The molecule has 154 valence electrons. The molecule has 2 atom stereocenters. The third-order valence-corrected chi connectivity index (χ3v) is 4.77. The van der Waals surface area contributed by atoms with Crippen LogP contribution in [-0.4, -0.2) is 53.9 Å². The van der Waals surface area contributed by atoms with Gasteiger partial charge in [-0.15, -0.1) is 0 Å². The zero-order chi connectivity index (χ0) is 20.5. The summed E-state index contributed by atoms with van der Waals surface area (Å²) in [6, 6.07) is 18.3. The summed E-state index contributed by atoms with van der Waals surface area (Å²) < 4.78 is 10.9. The predicted molar refractivity (Wildman–Crippen MR) is 107 cm³/mol. The Hall–Kier alpha value is -2.90. The lowest BCUT2D eigenvalue weighted by molar-refractivity contribution is -0.141. The monoisotopic (exact) mass is 398 g/mol. The van der Waals surface area contributed by atoms with Crippen LogP contribution in [0.15, 0.2) is 60.7 Å². The fourth-order valence-electron chi connectivity index (χ4n) is 3.30. The first-order valence-corrected chi connectivity index (χ1v) is 9.68. The minimum Gasteiger partial charge on any atom is -0.480 e. The normalized spacial score (nSPS) is 18.0. The smallest absolute Gasteiger partial charge is 0.408 e.